The maximum atomic E-state index is 12.4. The molecule has 4 nitrogen and oxygen atoms in total. The zero-order chi connectivity index (χ0) is 12.3. The number of aryl methyl sites for hydroxylation is 1. The number of rotatable bonds is 4. The summed E-state index contributed by atoms with van der Waals surface area (Å²) in [6, 6.07) is 3.78. The van der Waals surface area contributed by atoms with E-state index in [0.29, 0.717) is 0 Å². The Morgan fingerprint density at radius 2 is 2.41 bits per heavy atom. The molecule has 0 bridgehead atoms. The van der Waals surface area contributed by atoms with Gasteiger partial charge in [-0.3, -0.25) is 4.79 Å². The monoisotopic (exact) mass is 236 g/mol. The summed E-state index contributed by atoms with van der Waals surface area (Å²) in [4.78, 5) is 14.2. The summed E-state index contributed by atoms with van der Waals surface area (Å²) in [5.74, 6) is 0.0556. The second-order valence-corrected chi connectivity index (χ2v) is 4.56. The molecule has 0 saturated carbocycles. The molecule has 0 aromatic carbocycles. The summed E-state index contributed by atoms with van der Waals surface area (Å²) in [5, 5.41) is 9.25. The first-order chi connectivity index (χ1) is 8.27. The van der Waals surface area contributed by atoms with Gasteiger partial charge in [0.05, 0.1) is 12.6 Å². The standard InChI is InChI=1S/C13H20N2O2/c1-2-7-14-8-4-6-12(14)13(17)15-9-3-5-11(15)10-16/h4,6,8,11,16H,2-3,5,7,9-10H2,1H3/t11-/m0/s1. The highest BCUT2D eigenvalue weighted by Gasteiger charge is 2.29. The molecule has 4 heteroatoms. The minimum absolute atomic E-state index is 0.00692. The van der Waals surface area contributed by atoms with E-state index in [9.17, 15) is 9.90 Å². The molecular formula is C13H20N2O2. The third-order valence-corrected chi connectivity index (χ3v) is 3.36. The molecule has 1 aromatic rings. The van der Waals surface area contributed by atoms with Crippen molar-refractivity contribution in [3.8, 4) is 0 Å². The highest BCUT2D eigenvalue weighted by Crippen LogP contribution is 2.20. The van der Waals surface area contributed by atoms with Gasteiger partial charge in [-0.15, -0.1) is 0 Å². The van der Waals surface area contributed by atoms with Crippen molar-refractivity contribution < 1.29 is 9.90 Å². The first-order valence-corrected chi connectivity index (χ1v) is 6.35. The molecule has 0 unspecified atom stereocenters. The van der Waals surface area contributed by atoms with Gasteiger partial charge in [-0.05, 0) is 31.4 Å². The van der Waals surface area contributed by atoms with E-state index in [4.69, 9.17) is 0 Å². The van der Waals surface area contributed by atoms with Gasteiger partial charge in [0, 0.05) is 19.3 Å². The fourth-order valence-corrected chi connectivity index (χ4v) is 2.48. The fraction of sp³-hybridized carbons (Fsp3) is 0.615. The minimum Gasteiger partial charge on any atom is -0.394 e. The van der Waals surface area contributed by atoms with Crippen molar-refractivity contribution in [2.75, 3.05) is 13.2 Å². The molecule has 1 fully saturated rings. The molecule has 2 rings (SSSR count). The Hall–Kier alpha value is -1.29. The molecule has 1 saturated heterocycles. The van der Waals surface area contributed by atoms with E-state index in [1.165, 1.54) is 0 Å². The van der Waals surface area contributed by atoms with Crippen LogP contribution in [0.1, 0.15) is 36.7 Å². The zero-order valence-electron chi connectivity index (χ0n) is 10.3. The molecule has 1 aromatic heterocycles. The van der Waals surface area contributed by atoms with Gasteiger partial charge in [0.1, 0.15) is 5.69 Å². The Kier molecular flexibility index (Phi) is 3.84. The average molecular weight is 236 g/mol. The molecule has 0 spiro atoms. The molecular weight excluding hydrogens is 216 g/mol. The van der Waals surface area contributed by atoms with E-state index in [1.807, 2.05) is 27.8 Å². The summed E-state index contributed by atoms with van der Waals surface area (Å²) in [6.07, 6.45) is 4.86. The third-order valence-electron chi connectivity index (χ3n) is 3.36. The quantitative estimate of drug-likeness (QED) is 0.861. The third kappa shape index (κ3) is 2.36. The molecule has 1 aliphatic heterocycles. The van der Waals surface area contributed by atoms with E-state index in [0.717, 1.165) is 38.0 Å². The number of aliphatic hydroxyl groups excluding tert-OH is 1. The van der Waals surface area contributed by atoms with Crippen LogP contribution in [0, 0.1) is 0 Å². The van der Waals surface area contributed by atoms with Crippen LogP contribution in [0.2, 0.25) is 0 Å². The lowest BCUT2D eigenvalue weighted by molar-refractivity contribution is 0.0666. The van der Waals surface area contributed by atoms with E-state index < -0.39 is 0 Å². The lowest BCUT2D eigenvalue weighted by Gasteiger charge is -2.23. The highest BCUT2D eigenvalue weighted by molar-refractivity contribution is 5.93. The summed E-state index contributed by atoms with van der Waals surface area (Å²) >= 11 is 0. The highest BCUT2D eigenvalue weighted by atomic mass is 16.3. The van der Waals surface area contributed by atoms with Gasteiger partial charge in [-0.1, -0.05) is 6.92 Å². The van der Waals surface area contributed by atoms with E-state index in [1.54, 1.807) is 0 Å². The lowest BCUT2D eigenvalue weighted by atomic mass is 10.2. The van der Waals surface area contributed by atoms with Crippen molar-refractivity contribution in [1.82, 2.24) is 9.47 Å². The molecule has 0 radical (unpaired) electrons. The molecule has 1 aliphatic rings. The predicted octanol–water partition coefficient (Wildman–Crippen LogP) is 1.49. The van der Waals surface area contributed by atoms with Gasteiger partial charge in [0.2, 0.25) is 0 Å². The first kappa shape index (κ1) is 12.2. The maximum Gasteiger partial charge on any atom is 0.270 e. The Bertz CT molecular complexity index is 387. The zero-order valence-corrected chi connectivity index (χ0v) is 10.3. The summed E-state index contributed by atoms with van der Waals surface area (Å²) in [6.45, 7) is 3.80. The number of hydrogen-bond donors (Lipinski definition) is 1. The lowest BCUT2D eigenvalue weighted by Crippen LogP contribution is -2.38. The Labute approximate surface area is 102 Å². The number of carbonyl (C=O) groups is 1. The summed E-state index contributed by atoms with van der Waals surface area (Å²) in [7, 11) is 0. The SMILES string of the molecule is CCCn1cccc1C(=O)N1CCC[C@H]1CO. The number of amides is 1. The molecule has 1 atom stereocenters. The number of hydrogen-bond acceptors (Lipinski definition) is 2. The van der Waals surface area contributed by atoms with Gasteiger partial charge in [-0.2, -0.15) is 0 Å². The maximum absolute atomic E-state index is 12.4. The molecule has 94 valence electrons. The van der Waals surface area contributed by atoms with Crippen LogP contribution in [0.15, 0.2) is 18.3 Å². The summed E-state index contributed by atoms with van der Waals surface area (Å²) < 4.78 is 2.00. The molecule has 17 heavy (non-hydrogen) atoms. The average Bonchev–Trinajstić information content (AvgIpc) is 2.96. The Morgan fingerprint density at radius 3 is 3.12 bits per heavy atom. The normalized spacial score (nSPS) is 19.9. The second-order valence-electron chi connectivity index (χ2n) is 4.56. The molecule has 2 heterocycles. The Morgan fingerprint density at radius 1 is 1.59 bits per heavy atom. The topological polar surface area (TPSA) is 45.5 Å². The summed E-state index contributed by atoms with van der Waals surface area (Å²) in [5.41, 5.74) is 0.743. The second kappa shape index (κ2) is 5.36. The van der Waals surface area contributed by atoms with E-state index in [-0.39, 0.29) is 18.6 Å². The van der Waals surface area contributed by atoms with Gasteiger partial charge >= 0.3 is 0 Å². The number of nitrogens with zero attached hydrogens (tertiary/aromatic N) is 2. The van der Waals surface area contributed by atoms with Crippen molar-refractivity contribution in [2.45, 2.75) is 38.8 Å². The van der Waals surface area contributed by atoms with Crippen molar-refractivity contribution in [3.05, 3.63) is 24.0 Å². The van der Waals surface area contributed by atoms with Crippen LogP contribution < -0.4 is 0 Å². The van der Waals surface area contributed by atoms with Crippen LogP contribution in [-0.4, -0.2) is 39.7 Å². The smallest absolute Gasteiger partial charge is 0.270 e. The van der Waals surface area contributed by atoms with Crippen LogP contribution >= 0.6 is 0 Å². The first-order valence-electron chi connectivity index (χ1n) is 6.35. The largest absolute Gasteiger partial charge is 0.394 e. The van der Waals surface area contributed by atoms with Crippen LogP contribution in [-0.2, 0) is 6.54 Å². The van der Waals surface area contributed by atoms with Crippen LogP contribution in [0.5, 0.6) is 0 Å². The van der Waals surface area contributed by atoms with Gasteiger partial charge in [0.15, 0.2) is 0 Å². The predicted molar refractivity (Wildman–Crippen MR) is 65.9 cm³/mol. The molecule has 1 amide bonds. The van der Waals surface area contributed by atoms with Gasteiger partial charge < -0.3 is 14.6 Å². The number of aromatic nitrogens is 1. The van der Waals surface area contributed by atoms with Gasteiger partial charge in [0.25, 0.3) is 5.91 Å². The van der Waals surface area contributed by atoms with E-state index >= 15 is 0 Å². The number of likely N-dealkylation sites (tertiary alicyclic amines) is 1. The number of aliphatic hydroxyl groups is 1. The van der Waals surface area contributed by atoms with Crippen LogP contribution in [0.4, 0.5) is 0 Å². The van der Waals surface area contributed by atoms with Crippen molar-refractivity contribution in [1.29, 1.82) is 0 Å². The Balaban J connectivity index is 2.15. The van der Waals surface area contributed by atoms with Crippen molar-refractivity contribution in [3.63, 3.8) is 0 Å². The van der Waals surface area contributed by atoms with Crippen molar-refractivity contribution in [2.24, 2.45) is 0 Å². The van der Waals surface area contributed by atoms with Crippen molar-refractivity contribution >= 4 is 5.91 Å². The molecule has 1 N–H and O–H groups in total. The van der Waals surface area contributed by atoms with Crippen LogP contribution in [0.25, 0.3) is 0 Å². The van der Waals surface area contributed by atoms with Gasteiger partial charge in [-0.25, -0.2) is 0 Å². The van der Waals surface area contributed by atoms with Crippen LogP contribution in [0.3, 0.4) is 0 Å². The fourth-order valence-electron chi connectivity index (χ4n) is 2.48. The number of carbonyl (C=O) groups excluding carboxylic acids is 1. The molecule has 0 aliphatic carbocycles. The minimum atomic E-state index is 0.00692. The van der Waals surface area contributed by atoms with E-state index in [2.05, 4.69) is 6.92 Å².